The molecule has 0 saturated carbocycles. The van der Waals surface area contributed by atoms with Gasteiger partial charge >= 0.3 is 0 Å². The lowest BCUT2D eigenvalue weighted by molar-refractivity contribution is 0.415. The molecule has 2 rings (SSSR count). The fourth-order valence-corrected chi connectivity index (χ4v) is 2.15. The van der Waals surface area contributed by atoms with Crippen LogP contribution in [0.2, 0.25) is 0 Å². The van der Waals surface area contributed by atoms with E-state index in [0.29, 0.717) is 5.56 Å². The van der Waals surface area contributed by atoms with Crippen molar-refractivity contribution < 1.29 is 9.13 Å². The fourth-order valence-electron chi connectivity index (χ4n) is 1.77. The molecular formula is C15H12BrFN2O. The molecule has 5 heteroatoms. The maximum Gasteiger partial charge on any atom is 0.143 e. The van der Waals surface area contributed by atoms with Gasteiger partial charge in [0.1, 0.15) is 17.6 Å². The van der Waals surface area contributed by atoms with Crippen LogP contribution >= 0.6 is 15.9 Å². The summed E-state index contributed by atoms with van der Waals surface area (Å²) >= 11 is 3.28. The van der Waals surface area contributed by atoms with E-state index < -0.39 is 11.9 Å². The Labute approximate surface area is 125 Å². The van der Waals surface area contributed by atoms with Gasteiger partial charge in [0.05, 0.1) is 13.2 Å². The molecule has 3 nitrogen and oxygen atoms in total. The first-order valence-corrected chi connectivity index (χ1v) is 6.68. The molecule has 1 N–H and O–H groups in total. The summed E-state index contributed by atoms with van der Waals surface area (Å²) in [4.78, 5) is 0. The second-order valence-corrected chi connectivity index (χ2v) is 5.02. The summed E-state index contributed by atoms with van der Waals surface area (Å²) in [6.07, 6.45) is 0. The summed E-state index contributed by atoms with van der Waals surface area (Å²) in [5, 5.41) is 12.2. The molecular weight excluding hydrogens is 323 g/mol. The Hall–Kier alpha value is -2.06. The third-order valence-corrected chi connectivity index (χ3v) is 3.29. The Balaban J connectivity index is 2.24. The average Bonchev–Trinajstić information content (AvgIpc) is 2.48. The summed E-state index contributed by atoms with van der Waals surface area (Å²) in [5.41, 5.74) is 1.02. The molecule has 0 heterocycles. The highest BCUT2D eigenvalue weighted by Gasteiger charge is 2.15. The third kappa shape index (κ3) is 3.28. The van der Waals surface area contributed by atoms with E-state index in [-0.39, 0.29) is 0 Å². The number of nitrogens with one attached hydrogen (secondary N) is 1. The normalized spacial score (nSPS) is 11.5. The maximum absolute atomic E-state index is 13.8. The highest BCUT2D eigenvalue weighted by Crippen LogP contribution is 2.25. The number of anilines is 1. The van der Waals surface area contributed by atoms with Gasteiger partial charge in [-0.2, -0.15) is 5.26 Å². The van der Waals surface area contributed by atoms with Gasteiger partial charge in [0.15, 0.2) is 0 Å². The van der Waals surface area contributed by atoms with E-state index in [9.17, 15) is 9.65 Å². The number of hydrogen-bond acceptors (Lipinski definition) is 3. The summed E-state index contributed by atoms with van der Waals surface area (Å²) in [6.45, 7) is 0. The van der Waals surface area contributed by atoms with E-state index in [0.717, 1.165) is 15.9 Å². The van der Waals surface area contributed by atoms with Crippen LogP contribution in [-0.2, 0) is 0 Å². The Morgan fingerprint density at radius 2 is 1.95 bits per heavy atom. The van der Waals surface area contributed by atoms with Gasteiger partial charge in [0.25, 0.3) is 0 Å². The Bertz CT molecular complexity index is 637. The van der Waals surface area contributed by atoms with E-state index >= 15 is 0 Å². The quantitative estimate of drug-likeness (QED) is 0.907. The Kier molecular flexibility index (Phi) is 4.59. The van der Waals surface area contributed by atoms with Crippen LogP contribution < -0.4 is 10.1 Å². The van der Waals surface area contributed by atoms with Gasteiger partial charge in [-0.1, -0.05) is 15.9 Å². The van der Waals surface area contributed by atoms with Gasteiger partial charge in [-0.05, 0) is 42.5 Å². The lowest BCUT2D eigenvalue weighted by Crippen LogP contribution is -2.10. The van der Waals surface area contributed by atoms with Crippen LogP contribution in [0.15, 0.2) is 46.9 Å². The topological polar surface area (TPSA) is 45.0 Å². The third-order valence-electron chi connectivity index (χ3n) is 2.80. The van der Waals surface area contributed by atoms with Gasteiger partial charge in [0.2, 0.25) is 0 Å². The minimum absolute atomic E-state index is 0.303. The minimum atomic E-state index is -0.763. The molecule has 102 valence electrons. The molecule has 0 amide bonds. The first-order chi connectivity index (χ1) is 9.63. The molecule has 1 unspecified atom stereocenters. The zero-order chi connectivity index (χ0) is 14.5. The van der Waals surface area contributed by atoms with Crippen LogP contribution in [0.3, 0.4) is 0 Å². The van der Waals surface area contributed by atoms with Gasteiger partial charge in [0, 0.05) is 15.7 Å². The Morgan fingerprint density at radius 3 is 2.55 bits per heavy atom. The van der Waals surface area contributed by atoms with Crippen molar-refractivity contribution in [2.45, 2.75) is 6.04 Å². The fraction of sp³-hybridized carbons (Fsp3) is 0.133. The van der Waals surface area contributed by atoms with Crippen LogP contribution in [-0.4, -0.2) is 7.11 Å². The smallest absolute Gasteiger partial charge is 0.143 e. The highest BCUT2D eigenvalue weighted by molar-refractivity contribution is 9.10. The average molecular weight is 335 g/mol. The number of rotatable bonds is 4. The van der Waals surface area contributed by atoms with E-state index in [1.807, 2.05) is 0 Å². The molecule has 2 aromatic rings. The predicted molar refractivity (Wildman–Crippen MR) is 79.1 cm³/mol. The van der Waals surface area contributed by atoms with Crippen molar-refractivity contribution in [3.05, 3.63) is 58.3 Å². The number of halogens is 2. The molecule has 0 saturated heterocycles. The van der Waals surface area contributed by atoms with Gasteiger partial charge < -0.3 is 10.1 Å². The molecule has 0 aliphatic carbocycles. The number of benzene rings is 2. The number of ether oxygens (including phenoxy) is 1. The minimum Gasteiger partial charge on any atom is -0.497 e. The van der Waals surface area contributed by atoms with E-state index in [4.69, 9.17) is 4.74 Å². The second kappa shape index (κ2) is 6.40. The number of nitriles is 1. The molecule has 2 aromatic carbocycles. The molecule has 0 aliphatic heterocycles. The summed E-state index contributed by atoms with van der Waals surface area (Å²) in [6, 6.07) is 12.9. The van der Waals surface area contributed by atoms with Crippen molar-refractivity contribution in [1.29, 1.82) is 5.26 Å². The van der Waals surface area contributed by atoms with Gasteiger partial charge in [-0.25, -0.2) is 4.39 Å². The summed E-state index contributed by atoms with van der Waals surface area (Å²) in [5.74, 6) is 0.304. The van der Waals surface area contributed by atoms with Crippen molar-refractivity contribution in [2.75, 3.05) is 12.4 Å². The van der Waals surface area contributed by atoms with Crippen LogP contribution in [0, 0.1) is 17.1 Å². The van der Waals surface area contributed by atoms with E-state index in [1.165, 1.54) is 6.07 Å². The standard InChI is InChI=1S/C15H12BrFN2O/c1-20-12-5-3-11(4-6-12)19-15(9-18)13-8-10(16)2-7-14(13)17/h2-8,15,19H,1H3. The molecule has 0 aromatic heterocycles. The first kappa shape index (κ1) is 14.4. The van der Waals surface area contributed by atoms with Crippen molar-refractivity contribution in [3.63, 3.8) is 0 Å². The van der Waals surface area contributed by atoms with E-state index in [2.05, 4.69) is 27.3 Å². The maximum atomic E-state index is 13.8. The van der Waals surface area contributed by atoms with Crippen LogP contribution in [0.5, 0.6) is 5.75 Å². The predicted octanol–water partition coefficient (Wildman–Crippen LogP) is 4.27. The monoisotopic (exact) mass is 334 g/mol. The van der Waals surface area contributed by atoms with Crippen molar-refractivity contribution in [2.24, 2.45) is 0 Å². The lowest BCUT2D eigenvalue weighted by atomic mass is 10.1. The molecule has 0 spiro atoms. The van der Waals surface area contributed by atoms with Gasteiger partial charge in [-0.15, -0.1) is 0 Å². The molecule has 0 radical (unpaired) electrons. The largest absolute Gasteiger partial charge is 0.497 e. The molecule has 20 heavy (non-hydrogen) atoms. The Morgan fingerprint density at radius 1 is 1.25 bits per heavy atom. The molecule has 0 aliphatic rings. The number of methoxy groups -OCH3 is 1. The van der Waals surface area contributed by atoms with Crippen molar-refractivity contribution >= 4 is 21.6 Å². The zero-order valence-corrected chi connectivity index (χ0v) is 12.3. The van der Waals surface area contributed by atoms with Gasteiger partial charge in [-0.3, -0.25) is 0 Å². The highest BCUT2D eigenvalue weighted by atomic mass is 79.9. The first-order valence-electron chi connectivity index (χ1n) is 5.89. The van der Waals surface area contributed by atoms with Crippen LogP contribution in [0.25, 0.3) is 0 Å². The van der Waals surface area contributed by atoms with Crippen LogP contribution in [0.4, 0.5) is 10.1 Å². The molecule has 0 fully saturated rings. The number of hydrogen-bond donors (Lipinski definition) is 1. The van der Waals surface area contributed by atoms with Crippen LogP contribution in [0.1, 0.15) is 11.6 Å². The molecule has 0 bridgehead atoms. The SMILES string of the molecule is COc1ccc(NC(C#N)c2cc(Br)ccc2F)cc1. The zero-order valence-electron chi connectivity index (χ0n) is 10.7. The van der Waals surface area contributed by atoms with E-state index in [1.54, 1.807) is 43.5 Å². The molecule has 1 atom stereocenters. The second-order valence-electron chi connectivity index (χ2n) is 4.10. The van der Waals surface area contributed by atoms with Crippen molar-refractivity contribution in [3.8, 4) is 11.8 Å². The number of nitrogens with zero attached hydrogens (tertiary/aromatic N) is 1. The summed E-state index contributed by atoms with van der Waals surface area (Å²) < 4.78 is 19.6. The summed E-state index contributed by atoms with van der Waals surface area (Å²) in [7, 11) is 1.58. The lowest BCUT2D eigenvalue weighted by Gasteiger charge is -2.14. The van der Waals surface area contributed by atoms with Crippen molar-refractivity contribution in [1.82, 2.24) is 0 Å².